The standard InChI is InChI=1S/C18H17FN4O3S/c1-11(19)5-15-16(26)14(10-25)8-23(18-20-3-4-27-18)17(15)21-12(2)22-6-13(7-22)9-24/h3-5,8-10,12-13H,1,6-7H2,2H3/b15-5-,21-17?. The van der Waals surface area contributed by atoms with Crippen LogP contribution in [-0.2, 0) is 14.4 Å². The number of aldehydes is 2. The lowest BCUT2D eigenvalue weighted by molar-refractivity contribution is -0.116. The number of amidine groups is 1. The quantitative estimate of drug-likeness (QED) is 0.421. The largest absolute Gasteiger partial charge is 0.303 e. The number of allylic oxidation sites excluding steroid dienone is 3. The van der Waals surface area contributed by atoms with E-state index >= 15 is 0 Å². The number of aromatic nitrogens is 1. The summed E-state index contributed by atoms with van der Waals surface area (Å²) in [5.41, 5.74) is -0.198. The second kappa shape index (κ2) is 7.85. The fraction of sp³-hybridized carbons (Fsp3) is 0.278. The maximum atomic E-state index is 13.5. The predicted molar refractivity (Wildman–Crippen MR) is 100 cm³/mol. The van der Waals surface area contributed by atoms with Crippen LogP contribution in [0.2, 0.25) is 0 Å². The fourth-order valence-electron chi connectivity index (χ4n) is 2.83. The number of hydrogen-bond donors (Lipinski definition) is 0. The maximum absolute atomic E-state index is 13.5. The van der Waals surface area contributed by atoms with E-state index in [0.29, 0.717) is 24.5 Å². The highest BCUT2D eigenvalue weighted by atomic mass is 32.1. The molecule has 3 heterocycles. The van der Waals surface area contributed by atoms with E-state index in [1.165, 1.54) is 22.4 Å². The molecule has 1 saturated heterocycles. The Morgan fingerprint density at radius 1 is 1.48 bits per heavy atom. The lowest BCUT2D eigenvalue weighted by Crippen LogP contribution is -2.52. The molecule has 0 radical (unpaired) electrons. The number of anilines is 1. The first kappa shape index (κ1) is 19.0. The van der Waals surface area contributed by atoms with Crippen molar-refractivity contribution in [1.82, 2.24) is 9.88 Å². The molecule has 2 aliphatic heterocycles. The highest BCUT2D eigenvalue weighted by Crippen LogP contribution is 2.28. The molecule has 2 aliphatic rings. The molecule has 0 bridgehead atoms. The summed E-state index contributed by atoms with van der Waals surface area (Å²) in [6.07, 6.45) is 4.86. The second-order valence-electron chi connectivity index (χ2n) is 6.16. The number of halogens is 1. The van der Waals surface area contributed by atoms with Crippen molar-refractivity contribution in [2.45, 2.75) is 13.1 Å². The molecule has 1 aromatic heterocycles. The number of rotatable bonds is 6. The summed E-state index contributed by atoms with van der Waals surface area (Å²) in [6, 6.07) is 0. The normalized spacial score (nSPS) is 22.5. The highest BCUT2D eigenvalue weighted by Gasteiger charge is 2.34. The van der Waals surface area contributed by atoms with E-state index in [0.717, 1.165) is 12.4 Å². The number of ketones is 1. The smallest absolute Gasteiger partial charge is 0.201 e. The van der Waals surface area contributed by atoms with Gasteiger partial charge in [-0.15, -0.1) is 11.3 Å². The molecule has 1 atom stereocenters. The van der Waals surface area contributed by atoms with E-state index in [1.807, 2.05) is 11.8 Å². The molecule has 1 fully saturated rings. The van der Waals surface area contributed by atoms with Gasteiger partial charge in [0.25, 0.3) is 0 Å². The van der Waals surface area contributed by atoms with Crippen LogP contribution in [0.1, 0.15) is 6.92 Å². The molecule has 0 spiro atoms. The Hall–Kier alpha value is -2.78. The fourth-order valence-corrected chi connectivity index (χ4v) is 3.45. The van der Waals surface area contributed by atoms with E-state index in [1.54, 1.807) is 11.6 Å². The van der Waals surface area contributed by atoms with Gasteiger partial charge in [0, 0.05) is 36.8 Å². The van der Waals surface area contributed by atoms with Crippen molar-refractivity contribution in [1.29, 1.82) is 0 Å². The van der Waals surface area contributed by atoms with Crippen LogP contribution in [0.15, 0.2) is 52.4 Å². The molecule has 9 heteroatoms. The molecule has 140 valence electrons. The van der Waals surface area contributed by atoms with Crippen molar-refractivity contribution in [3.63, 3.8) is 0 Å². The minimum Gasteiger partial charge on any atom is -0.303 e. The molecule has 7 nitrogen and oxygen atoms in total. The minimum atomic E-state index is -0.824. The third-order valence-corrected chi connectivity index (χ3v) is 5.04. The average Bonchev–Trinajstić information content (AvgIpc) is 3.11. The van der Waals surface area contributed by atoms with Crippen molar-refractivity contribution < 1.29 is 18.8 Å². The first-order chi connectivity index (χ1) is 12.9. The van der Waals surface area contributed by atoms with Crippen LogP contribution in [0, 0.1) is 5.92 Å². The van der Waals surface area contributed by atoms with Crippen LogP contribution in [0.5, 0.6) is 0 Å². The zero-order chi connectivity index (χ0) is 19.6. The minimum absolute atomic E-state index is 0.0297. The molecule has 0 saturated carbocycles. The summed E-state index contributed by atoms with van der Waals surface area (Å²) in [5, 5.41) is 2.22. The van der Waals surface area contributed by atoms with Crippen molar-refractivity contribution >= 4 is 40.7 Å². The topological polar surface area (TPSA) is 82.9 Å². The number of thiazole rings is 1. The van der Waals surface area contributed by atoms with E-state index in [4.69, 9.17) is 0 Å². The second-order valence-corrected chi connectivity index (χ2v) is 7.03. The molecule has 0 aromatic carbocycles. The maximum Gasteiger partial charge on any atom is 0.201 e. The highest BCUT2D eigenvalue weighted by molar-refractivity contribution is 7.13. The Kier molecular flexibility index (Phi) is 5.52. The number of Topliss-reactive ketones (excluding diaryl/α,β-unsaturated/α-hetero) is 1. The third kappa shape index (κ3) is 3.83. The Morgan fingerprint density at radius 3 is 2.78 bits per heavy atom. The molecule has 0 aliphatic carbocycles. The number of hydrogen-bond acceptors (Lipinski definition) is 7. The van der Waals surface area contributed by atoms with Gasteiger partial charge in [-0.2, -0.15) is 0 Å². The lowest BCUT2D eigenvalue weighted by Gasteiger charge is -2.39. The van der Waals surface area contributed by atoms with E-state index in [2.05, 4.69) is 16.6 Å². The molecular formula is C18H17FN4O3S. The third-order valence-electron chi connectivity index (χ3n) is 4.27. The van der Waals surface area contributed by atoms with Gasteiger partial charge in [-0.1, -0.05) is 6.58 Å². The molecular weight excluding hydrogens is 371 g/mol. The predicted octanol–water partition coefficient (Wildman–Crippen LogP) is 1.90. The van der Waals surface area contributed by atoms with Crippen molar-refractivity contribution in [2.24, 2.45) is 10.9 Å². The van der Waals surface area contributed by atoms with Crippen molar-refractivity contribution in [3.05, 3.63) is 47.4 Å². The van der Waals surface area contributed by atoms with Gasteiger partial charge in [0.2, 0.25) is 5.78 Å². The van der Waals surface area contributed by atoms with Crippen molar-refractivity contribution in [3.8, 4) is 0 Å². The first-order valence-electron chi connectivity index (χ1n) is 8.18. The van der Waals surface area contributed by atoms with Crippen LogP contribution in [0.4, 0.5) is 9.52 Å². The molecule has 1 aromatic rings. The van der Waals surface area contributed by atoms with Gasteiger partial charge >= 0.3 is 0 Å². The summed E-state index contributed by atoms with van der Waals surface area (Å²) >= 11 is 1.29. The number of likely N-dealkylation sites (tertiary alicyclic amines) is 1. The average molecular weight is 388 g/mol. The van der Waals surface area contributed by atoms with Crippen LogP contribution in [0.25, 0.3) is 0 Å². The molecule has 0 amide bonds. The summed E-state index contributed by atoms with van der Waals surface area (Å²) < 4.78 is 13.5. The van der Waals surface area contributed by atoms with Crippen molar-refractivity contribution in [2.75, 3.05) is 18.0 Å². The van der Waals surface area contributed by atoms with Gasteiger partial charge in [0.1, 0.15) is 24.1 Å². The Bertz CT molecular complexity index is 869. The van der Waals surface area contributed by atoms with Gasteiger partial charge in [-0.25, -0.2) is 14.4 Å². The van der Waals surface area contributed by atoms with Crippen LogP contribution in [-0.4, -0.2) is 53.3 Å². The number of carbonyl (C=O) groups excluding carboxylic acids is 3. The number of nitrogens with zero attached hydrogens (tertiary/aromatic N) is 4. The zero-order valence-electron chi connectivity index (χ0n) is 14.5. The Balaban J connectivity index is 2.06. The van der Waals surface area contributed by atoms with E-state index in [9.17, 15) is 18.8 Å². The lowest BCUT2D eigenvalue weighted by atomic mass is 9.98. The molecule has 0 N–H and O–H groups in total. The van der Waals surface area contributed by atoms with Gasteiger partial charge < -0.3 is 4.79 Å². The van der Waals surface area contributed by atoms with E-state index in [-0.39, 0.29) is 29.1 Å². The summed E-state index contributed by atoms with van der Waals surface area (Å²) in [6.45, 7) is 6.13. The Labute approximate surface area is 159 Å². The van der Waals surface area contributed by atoms with Crippen LogP contribution in [0.3, 0.4) is 0 Å². The SMILES string of the molecule is C=C(F)/C=C1/C(=O)C(C=O)=CN(c2nccs2)C1=NC(C)N1CC(C=O)C1. The van der Waals surface area contributed by atoms with Gasteiger partial charge in [-0.3, -0.25) is 19.4 Å². The van der Waals surface area contributed by atoms with Gasteiger partial charge in [-0.05, 0) is 13.0 Å². The summed E-state index contributed by atoms with van der Waals surface area (Å²) in [4.78, 5) is 47.0. The summed E-state index contributed by atoms with van der Waals surface area (Å²) in [5.74, 6) is -1.30. The van der Waals surface area contributed by atoms with Gasteiger partial charge in [0.15, 0.2) is 11.4 Å². The van der Waals surface area contributed by atoms with Crippen LogP contribution >= 0.6 is 11.3 Å². The zero-order valence-corrected chi connectivity index (χ0v) is 15.4. The van der Waals surface area contributed by atoms with Crippen LogP contribution < -0.4 is 4.90 Å². The number of carbonyl (C=O) groups is 3. The monoisotopic (exact) mass is 388 g/mol. The summed E-state index contributed by atoms with van der Waals surface area (Å²) in [7, 11) is 0. The Morgan fingerprint density at radius 2 is 2.22 bits per heavy atom. The van der Waals surface area contributed by atoms with E-state index < -0.39 is 11.6 Å². The molecule has 27 heavy (non-hydrogen) atoms. The van der Waals surface area contributed by atoms with Gasteiger partial charge in [0.05, 0.1) is 11.1 Å². The first-order valence-corrected chi connectivity index (χ1v) is 9.06. The molecule has 1 unspecified atom stereocenters. The molecule has 3 rings (SSSR count). The number of aliphatic imine (C=N–C) groups is 1.